The first kappa shape index (κ1) is 24.1. The van der Waals surface area contributed by atoms with Crippen LogP contribution >= 0.6 is 0 Å². The first-order valence-electron chi connectivity index (χ1n) is 10.4. The molecule has 1 aliphatic rings. The number of hydrogen-bond acceptors (Lipinski definition) is 2. The van der Waals surface area contributed by atoms with Crippen molar-refractivity contribution in [1.82, 2.24) is 0 Å². The summed E-state index contributed by atoms with van der Waals surface area (Å²) in [5.74, 6) is 0. The van der Waals surface area contributed by atoms with Crippen LogP contribution in [-0.4, -0.2) is 24.5 Å². The predicted octanol–water partition coefficient (Wildman–Crippen LogP) is 6.92. The van der Waals surface area contributed by atoms with Crippen LogP contribution in [0.5, 0.6) is 0 Å². The van der Waals surface area contributed by atoms with Gasteiger partial charge in [0.15, 0.2) is 0 Å². The second-order valence-corrected chi connectivity index (χ2v) is 8.47. The van der Waals surface area contributed by atoms with Gasteiger partial charge in [0.05, 0.1) is 13.2 Å². The molecule has 1 N–H and O–H groups in total. The molecule has 0 heterocycles. The molecule has 0 aromatic rings. The van der Waals surface area contributed by atoms with E-state index in [9.17, 15) is 0 Å². The van der Waals surface area contributed by atoms with Gasteiger partial charge in [-0.2, -0.15) is 0 Å². The molecule has 0 bridgehead atoms. The fourth-order valence-electron chi connectivity index (χ4n) is 3.38. The van der Waals surface area contributed by atoms with Crippen molar-refractivity contribution in [2.75, 3.05) is 13.2 Å². The Balaban J connectivity index is 2.83. The van der Waals surface area contributed by atoms with E-state index < -0.39 is 0 Å². The zero-order valence-electron chi connectivity index (χ0n) is 19.0. The Morgan fingerprint density at radius 3 is 2.11 bits per heavy atom. The zero-order valence-corrected chi connectivity index (χ0v) is 19.0. The van der Waals surface area contributed by atoms with Crippen LogP contribution in [0.15, 0.2) is 74.9 Å². The number of hydrogen-bond donors (Lipinski definition) is 1. The van der Waals surface area contributed by atoms with Crippen molar-refractivity contribution in [3.63, 3.8) is 0 Å². The van der Waals surface area contributed by atoms with E-state index in [1.54, 1.807) is 11.8 Å². The third-order valence-corrected chi connectivity index (χ3v) is 5.61. The standard InChI is InChI=1S/C26H39NO/c1-20(22(3)14-16-27-17-18-28)11-8-9-12-21(2)24(5)19-25-23(4)13-10-15-26(25,6)7/h8-9,11-12,14,16,19,28H,10,13,15,17-18H2,1-7H3/b9-8+,20-11+,21-12+,22-14+,24-19+,27-16?. The summed E-state index contributed by atoms with van der Waals surface area (Å²) in [4.78, 5) is 4.10. The van der Waals surface area contributed by atoms with E-state index in [2.05, 4.69) is 83.8 Å². The van der Waals surface area contributed by atoms with Crippen LogP contribution in [0.4, 0.5) is 0 Å². The summed E-state index contributed by atoms with van der Waals surface area (Å²) in [5.41, 5.74) is 8.36. The summed E-state index contributed by atoms with van der Waals surface area (Å²) in [7, 11) is 0. The average molecular weight is 382 g/mol. The molecule has 0 aromatic carbocycles. The van der Waals surface area contributed by atoms with Gasteiger partial charge in [0.1, 0.15) is 0 Å². The van der Waals surface area contributed by atoms with E-state index in [1.165, 1.54) is 47.1 Å². The topological polar surface area (TPSA) is 32.6 Å². The number of aliphatic imine (C=N–C) groups is 1. The molecule has 1 rings (SSSR count). The van der Waals surface area contributed by atoms with E-state index >= 15 is 0 Å². The monoisotopic (exact) mass is 381 g/mol. The molecule has 0 aromatic heterocycles. The van der Waals surface area contributed by atoms with Crippen molar-refractivity contribution in [2.24, 2.45) is 10.4 Å². The molecule has 2 nitrogen and oxygen atoms in total. The van der Waals surface area contributed by atoms with Crippen molar-refractivity contribution in [2.45, 2.75) is 67.7 Å². The lowest BCUT2D eigenvalue weighted by Crippen LogP contribution is -2.19. The molecule has 0 fully saturated rings. The quantitative estimate of drug-likeness (QED) is 0.359. The highest BCUT2D eigenvalue weighted by atomic mass is 16.3. The lowest BCUT2D eigenvalue weighted by molar-refractivity contribution is 0.307. The molecule has 0 amide bonds. The number of nitrogens with zero attached hydrogens (tertiary/aromatic N) is 1. The third-order valence-electron chi connectivity index (χ3n) is 5.61. The van der Waals surface area contributed by atoms with Gasteiger partial charge < -0.3 is 5.11 Å². The maximum absolute atomic E-state index is 8.73. The van der Waals surface area contributed by atoms with Crippen molar-refractivity contribution in [3.8, 4) is 0 Å². The van der Waals surface area contributed by atoms with Crippen molar-refractivity contribution in [1.29, 1.82) is 0 Å². The van der Waals surface area contributed by atoms with E-state index in [1.807, 2.05) is 6.08 Å². The lowest BCUT2D eigenvalue weighted by Gasteiger charge is -2.33. The fraction of sp³-hybridized carbons (Fsp3) is 0.500. The fourth-order valence-corrected chi connectivity index (χ4v) is 3.38. The Labute approximate surface area is 172 Å². The van der Waals surface area contributed by atoms with E-state index in [0.29, 0.717) is 6.54 Å². The Bertz CT molecular complexity index is 736. The molecule has 0 radical (unpaired) electrons. The Morgan fingerprint density at radius 1 is 0.964 bits per heavy atom. The first-order chi connectivity index (χ1) is 13.2. The van der Waals surface area contributed by atoms with E-state index in [4.69, 9.17) is 5.11 Å². The molecule has 0 saturated carbocycles. The van der Waals surface area contributed by atoms with Crippen LogP contribution < -0.4 is 0 Å². The number of aliphatic hydroxyl groups excluding tert-OH is 1. The van der Waals surface area contributed by atoms with Crippen molar-refractivity contribution < 1.29 is 5.11 Å². The van der Waals surface area contributed by atoms with Gasteiger partial charge in [-0.05, 0) is 93.2 Å². The predicted molar refractivity (Wildman–Crippen MR) is 125 cm³/mol. The molecule has 0 aliphatic heterocycles. The second kappa shape index (κ2) is 11.8. The summed E-state index contributed by atoms with van der Waals surface area (Å²) in [6, 6.07) is 0. The van der Waals surface area contributed by atoms with Gasteiger partial charge in [0.2, 0.25) is 0 Å². The summed E-state index contributed by atoms with van der Waals surface area (Å²) >= 11 is 0. The van der Waals surface area contributed by atoms with Gasteiger partial charge in [-0.1, -0.05) is 49.8 Å². The molecule has 2 heteroatoms. The van der Waals surface area contributed by atoms with E-state index in [0.717, 1.165) is 0 Å². The van der Waals surface area contributed by atoms with Gasteiger partial charge in [0.25, 0.3) is 0 Å². The summed E-state index contributed by atoms with van der Waals surface area (Å²) in [6.07, 6.45) is 18.4. The number of aliphatic hydroxyl groups is 1. The van der Waals surface area contributed by atoms with Crippen LogP contribution in [-0.2, 0) is 0 Å². The minimum Gasteiger partial charge on any atom is -0.394 e. The SMILES string of the molecule is CC1=C(/C=C(C)/C(C)=C/C=C/C=C(C)/C(C)=C/C=NCCO)C(C)(C)CCC1. The van der Waals surface area contributed by atoms with Gasteiger partial charge >= 0.3 is 0 Å². The molecule has 0 unspecified atom stereocenters. The molecular formula is C26H39NO. The number of rotatable bonds is 8. The molecule has 0 atom stereocenters. The maximum atomic E-state index is 8.73. The third kappa shape index (κ3) is 7.98. The summed E-state index contributed by atoms with van der Waals surface area (Å²) < 4.78 is 0. The van der Waals surface area contributed by atoms with Crippen LogP contribution in [0, 0.1) is 5.41 Å². The second-order valence-electron chi connectivity index (χ2n) is 8.47. The highest BCUT2D eigenvalue weighted by Gasteiger charge is 2.26. The van der Waals surface area contributed by atoms with E-state index in [-0.39, 0.29) is 12.0 Å². The van der Waals surface area contributed by atoms with Crippen LogP contribution in [0.2, 0.25) is 0 Å². The number of allylic oxidation sites excluding steroid dienone is 12. The molecule has 0 spiro atoms. The zero-order chi connectivity index (χ0) is 21.2. The maximum Gasteiger partial charge on any atom is 0.0626 e. The average Bonchev–Trinajstić information content (AvgIpc) is 2.64. The first-order valence-corrected chi connectivity index (χ1v) is 10.4. The lowest BCUT2D eigenvalue weighted by atomic mass is 9.72. The van der Waals surface area contributed by atoms with Crippen molar-refractivity contribution >= 4 is 6.21 Å². The van der Waals surface area contributed by atoms with Crippen LogP contribution in [0.1, 0.15) is 67.7 Å². The summed E-state index contributed by atoms with van der Waals surface area (Å²) in [5, 5.41) is 8.73. The Hall–Kier alpha value is -1.93. The van der Waals surface area contributed by atoms with Crippen LogP contribution in [0.25, 0.3) is 0 Å². The molecule has 1 aliphatic carbocycles. The highest BCUT2D eigenvalue weighted by Crippen LogP contribution is 2.41. The Morgan fingerprint density at radius 2 is 1.54 bits per heavy atom. The smallest absolute Gasteiger partial charge is 0.0626 e. The van der Waals surface area contributed by atoms with Gasteiger partial charge in [-0.25, -0.2) is 0 Å². The summed E-state index contributed by atoms with van der Waals surface area (Å²) in [6.45, 7) is 16.1. The molecule has 0 saturated heterocycles. The van der Waals surface area contributed by atoms with Crippen LogP contribution in [0.3, 0.4) is 0 Å². The van der Waals surface area contributed by atoms with Gasteiger partial charge in [0, 0.05) is 6.21 Å². The molecular weight excluding hydrogens is 342 g/mol. The largest absolute Gasteiger partial charge is 0.394 e. The normalized spacial score (nSPS) is 20.0. The van der Waals surface area contributed by atoms with Crippen molar-refractivity contribution in [3.05, 3.63) is 69.9 Å². The van der Waals surface area contributed by atoms with Gasteiger partial charge in [-0.15, -0.1) is 0 Å². The van der Waals surface area contributed by atoms with Gasteiger partial charge in [-0.3, -0.25) is 4.99 Å². The minimum absolute atomic E-state index is 0.0921. The Kier molecular flexibility index (Phi) is 10.2. The molecule has 28 heavy (non-hydrogen) atoms. The highest BCUT2D eigenvalue weighted by molar-refractivity contribution is 5.73. The minimum atomic E-state index is 0.0921. The molecule has 154 valence electrons.